The lowest BCUT2D eigenvalue weighted by molar-refractivity contribution is 0.199. The van der Waals surface area contributed by atoms with E-state index in [0.29, 0.717) is 12.0 Å². The van der Waals surface area contributed by atoms with Crippen LogP contribution in [0.15, 0.2) is 24.3 Å². The molecule has 1 aromatic carbocycles. The molecule has 2 N–H and O–H groups in total. The number of aliphatic hydroxyl groups is 1. The molecule has 5 heteroatoms. The Morgan fingerprint density at radius 1 is 1.12 bits per heavy atom. The van der Waals surface area contributed by atoms with Crippen LogP contribution in [-0.4, -0.2) is 27.7 Å². The molecule has 2 aromatic rings. The van der Waals surface area contributed by atoms with Gasteiger partial charge in [-0.2, -0.15) is 0 Å². The Morgan fingerprint density at radius 3 is 2.69 bits per heavy atom. The Kier molecular flexibility index (Phi) is 3.85. The van der Waals surface area contributed by atoms with Crippen molar-refractivity contribution < 1.29 is 5.11 Å². The van der Waals surface area contributed by atoms with Gasteiger partial charge in [0.2, 0.25) is 0 Å². The monoisotopic (exact) mass is 350 g/mol. The van der Waals surface area contributed by atoms with Gasteiger partial charge in [0.05, 0.1) is 6.10 Å². The zero-order chi connectivity index (χ0) is 17.7. The highest BCUT2D eigenvalue weighted by molar-refractivity contribution is 5.53. The largest absolute Gasteiger partial charge is 0.389 e. The standard InChI is InChI=1S/C21H26N4O/c1-13(26)15-4-5-17-12-25(9-8-16(17)10-15)20-11-19(22-18-6-7-18)23-21(24-20)14-2-3-14/h4-5,10-11,13-14,18,26H,2-3,6-9,12H2,1H3,(H,22,23,24)/t13-/m1/s1. The highest BCUT2D eigenvalue weighted by atomic mass is 16.3. The zero-order valence-electron chi connectivity index (χ0n) is 15.3. The van der Waals surface area contributed by atoms with Crippen molar-refractivity contribution in [3.63, 3.8) is 0 Å². The van der Waals surface area contributed by atoms with Crippen molar-refractivity contribution >= 4 is 11.6 Å². The molecule has 0 radical (unpaired) electrons. The van der Waals surface area contributed by atoms with E-state index in [0.717, 1.165) is 42.5 Å². The molecule has 1 aliphatic heterocycles. The third-order valence-electron chi connectivity index (χ3n) is 5.65. The molecule has 0 bridgehead atoms. The number of fused-ring (bicyclic) bond motifs is 1. The van der Waals surface area contributed by atoms with Crippen LogP contribution in [0.2, 0.25) is 0 Å². The van der Waals surface area contributed by atoms with Crippen molar-refractivity contribution in [3.8, 4) is 0 Å². The highest BCUT2D eigenvalue weighted by Crippen LogP contribution is 2.40. The summed E-state index contributed by atoms with van der Waals surface area (Å²) in [6, 6.07) is 9.09. The minimum atomic E-state index is -0.405. The average Bonchev–Trinajstić information content (AvgIpc) is 3.54. The molecule has 3 aliphatic rings. The van der Waals surface area contributed by atoms with Crippen molar-refractivity contribution in [1.82, 2.24) is 9.97 Å². The van der Waals surface area contributed by atoms with Gasteiger partial charge in [-0.25, -0.2) is 9.97 Å². The van der Waals surface area contributed by atoms with Gasteiger partial charge in [0.25, 0.3) is 0 Å². The summed E-state index contributed by atoms with van der Waals surface area (Å²) in [4.78, 5) is 12.0. The van der Waals surface area contributed by atoms with Crippen molar-refractivity contribution in [2.75, 3.05) is 16.8 Å². The molecule has 0 spiro atoms. The lowest BCUT2D eigenvalue weighted by Gasteiger charge is -2.30. The number of nitrogens with one attached hydrogen (secondary N) is 1. The molecule has 5 rings (SSSR count). The van der Waals surface area contributed by atoms with E-state index in [1.807, 2.05) is 13.0 Å². The molecule has 2 fully saturated rings. The number of aliphatic hydroxyl groups excluding tert-OH is 1. The Hall–Kier alpha value is -2.14. The van der Waals surface area contributed by atoms with Gasteiger partial charge in [0, 0.05) is 31.1 Å². The molecule has 2 heterocycles. The van der Waals surface area contributed by atoms with E-state index in [9.17, 15) is 5.11 Å². The first-order chi connectivity index (χ1) is 12.7. The number of hydrogen-bond donors (Lipinski definition) is 2. The summed E-state index contributed by atoms with van der Waals surface area (Å²) in [7, 11) is 0. The molecular formula is C21H26N4O. The minimum Gasteiger partial charge on any atom is -0.389 e. The summed E-state index contributed by atoms with van der Waals surface area (Å²) in [5.41, 5.74) is 3.70. The van der Waals surface area contributed by atoms with E-state index < -0.39 is 6.10 Å². The van der Waals surface area contributed by atoms with Gasteiger partial charge in [0.15, 0.2) is 0 Å². The number of hydrogen-bond acceptors (Lipinski definition) is 5. The molecular weight excluding hydrogens is 324 g/mol. The molecule has 0 saturated heterocycles. The Bertz CT molecular complexity index is 827. The van der Waals surface area contributed by atoms with Crippen LogP contribution in [0.5, 0.6) is 0 Å². The van der Waals surface area contributed by atoms with Crippen LogP contribution in [0.1, 0.15) is 67.1 Å². The van der Waals surface area contributed by atoms with Crippen molar-refractivity contribution in [2.24, 2.45) is 0 Å². The van der Waals surface area contributed by atoms with Crippen molar-refractivity contribution in [3.05, 3.63) is 46.8 Å². The van der Waals surface area contributed by atoms with E-state index in [4.69, 9.17) is 9.97 Å². The summed E-state index contributed by atoms with van der Waals surface area (Å²) in [6.07, 6.45) is 5.53. The van der Waals surface area contributed by atoms with Gasteiger partial charge in [-0.15, -0.1) is 0 Å². The fourth-order valence-corrected chi connectivity index (χ4v) is 3.68. The molecule has 0 unspecified atom stereocenters. The predicted octanol–water partition coefficient (Wildman–Crippen LogP) is 3.54. The Morgan fingerprint density at radius 2 is 1.96 bits per heavy atom. The third-order valence-corrected chi connectivity index (χ3v) is 5.65. The number of benzene rings is 1. The van der Waals surface area contributed by atoms with Gasteiger partial charge < -0.3 is 15.3 Å². The molecule has 1 aromatic heterocycles. The molecule has 136 valence electrons. The zero-order valence-corrected chi connectivity index (χ0v) is 15.3. The second-order valence-corrected chi connectivity index (χ2v) is 8.04. The summed E-state index contributed by atoms with van der Waals surface area (Å²) in [5.74, 6) is 3.62. The van der Waals surface area contributed by atoms with Gasteiger partial charge >= 0.3 is 0 Å². The number of anilines is 2. The van der Waals surface area contributed by atoms with Crippen LogP contribution in [0, 0.1) is 0 Å². The minimum absolute atomic E-state index is 0.405. The molecule has 1 atom stereocenters. The maximum absolute atomic E-state index is 9.82. The van der Waals surface area contributed by atoms with Crippen LogP contribution < -0.4 is 10.2 Å². The number of rotatable bonds is 5. The van der Waals surface area contributed by atoms with E-state index >= 15 is 0 Å². The van der Waals surface area contributed by atoms with Crippen LogP contribution in [-0.2, 0) is 13.0 Å². The second kappa shape index (κ2) is 6.23. The van der Waals surface area contributed by atoms with Crippen molar-refractivity contribution in [2.45, 2.75) is 63.6 Å². The fraction of sp³-hybridized carbons (Fsp3) is 0.524. The predicted molar refractivity (Wildman–Crippen MR) is 102 cm³/mol. The lowest BCUT2D eigenvalue weighted by atomic mass is 9.96. The first-order valence-electron chi connectivity index (χ1n) is 9.86. The molecule has 2 aliphatic carbocycles. The number of nitrogens with zero attached hydrogens (tertiary/aromatic N) is 3. The van der Waals surface area contributed by atoms with E-state index in [1.165, 1.54) is 36.8 Å². The fourth-order valence-electron chi connectivity index (χ4n) is 3.68. The quantitative estimate of drug-likeness (QED) is 0.864. The molecule has 0 amide bonds. The average molecular weight is 350 g/mol. The smallest absolute Gasteiger partial charge is 0.136 e. The Balaban J connectivity index is 1.41. The van der Waals surface area contributed by atoms with Crippen LogP contribution in [0.25, 0.3) is 0 Å². The normalized spacial score (nSPS) is 20.6. The topological polar surface area (TPSA) is 61.3 Å². The maximum atomic E-state index is 9.82. The lowest BCUT2D eigenvalue weighted by Crippen LogP contribution is -2.31. The maximum Gasteiger partial charge on any atom is 0.136 e. The summed E-state index contributed by atoms with van der Waals surface area (Å²) >= 11 is 0. The van der Waals surface area contributed by atoms with Crippen LogP contribution in [0.4, 0.5) is 11.6 Å². The van der Waals surface area contributed by atoms with E-state index in [1.54, 1.807) is 0 Å². The van der Waals surface area contributed by atoms with Gasteiger partial charge in [0.1, 0.15) is 17.5 Å². The third kappa shape index (κ3) is 3.28. The highest BCUT2D eigenvalue weighted by Gasteiger charge is 2.30. The number of aromatic nitrogens is 2. The van der Waals surface area contributed by atoms with Crippen molar-refractivity contribution in [1.29, 1.82) is 0 Å². The molecule has 26 heavy (non-hydrogen) atoms. The van der Waals surface area contributed by atoms with E-state index in [2.05, 4.69) is 28.4 Å². The van der Waals surface area contributed by atoms with Crippen LogP contribution in [0.3, 0.4) is 0 Å². The molecule has 2 saturated carbocycles. The first kappa shape index (κ1) is 16.1. The second-order valence-electron chi connectivity index (χ2n) is 8.04. The summed E-state index contributed by atoms with van der Waals surface area (Å²) in [5, 5.41) is 13.4. The van der Waals surface area contributed by atoms with Gasteiger partial charge in [-0.1, -0.05) is 18.2 Å². The van der Waals surface area contributed by atoms with Crippen LogP contribution >= 0.6 is 0 Å². The summed E-state index contributed by atoms with van der Waals surface area (Å²) in [6.45, 7) is 3.66. The first-order valence-corrected chi connectivity index (χ1v) is 9.86. The van der Waals surface area contributed by atoms with Gasteiger partial charge in [-0.3, -0.25) is 0 Å². The molecule has 5 nitrogen and oxygen atoms in total. The SMILES string of the molecule is C[C@@H](O)c1ccc2c(c1)CCN(c1cc(NC3CC3)nc(C3CC3)n1)C2. The van der Waals surface area contributed by atoms with E-state index in [-0.39, 0.29) is 0 Å². The van der Waals surface area contributed by atoms with Gasteiger partial charge in [-0.05, 0) is 55.7 Å². The summed E-state index contributed by atoms with van der Waals surface area (Å²) < 4.78 is 0. The Labute approximate surface area is 154 Å².